The first-order valence-electron chi connectivity index (χ1n) is 8.63. The quantitative estimate of drug-likeness (QED) is 0.711. The van der Waals surface area contributed by atoms with Crippen LogP contribution in [0.5, 0.6) is 0 Å². The van der Waals surface area contributed by atoms with Gasteiger partial charge in [0.1, 0.15) is 0 Å². The van der Waals surface area contributed by atoms with Crippen LogP contribution >= 0.6 is 0 Å². The Bertz CT molecular complexity index is 855. The molecule has 0 aliphatic rings. The van der Waals surface area contributed by atoms with Crippen LogP contribution in [0.4, 0.5) is 10.6 Å². The Morgan fingerprint density at radius 1 is 1.35 bits per heavy atom. The lowest BCUT2D eigenvalue weighted by Crippen LogP contribution is -2.33. The number of H-pyrrole nitrogens is 1. The maximum absolute atomic E-state index is 12.5. The molecule has 0 aliphatic heterocycles. The average Bonchev–Trinajstić information content (AvgIpc) is 3.31. The smallest absolute Gasteiger partial charge is 0.319 e. The highest BCUT2D eigenvalue weighted by Gasteiger charge is 2.20. The molecule has 1 atom stereocenters. The molecule has 0 saturated heterocycles. The van der Waals surface area contributed by atoms with E-state index in [0.29, 0.717) is 5.82 Å². The molecule has 2 N–H and O–H groups in total. The number of nitrogens with zero attached hydrogens (tertiary/aromatic N) is 5. The van der Waals surface area contributed by atoms with E-state index < -0.39 is 0 Å². The highest BCUT2D eigenvalue weighted by Crippen LogP contribution is 2.23. The normalized spacial score (nSPS) is 12.0. The van der Waals surface area contributed by atoms with Crippen molar-refractivity contribution in [2.45, 2.75) is 32.9 Å². The van der Waals surface area contributed by atoms with E-state index in [9.17, 15) is 4.79 Å². The van der Waals surface area contributed by atoms with Crippen LogP contribution in [0.25, 0.3) is 11.3 Å². The lowest BCUT2D eigenvalue weighted by Gasteiger charge is -2.23. The van der Waals surface area contributed by atoms with Gasteiger partial charge in [-0.1, -0.05) is 42.5 Å². The first-order valence-corrected chi connectivity index (χ1v) is 8.63. The number of nitrogens with one attached hydrogen (secondary N) is 2. The average molecular weight is 353 g/mol. The van der Waals surface area contributed by atoms with Crippen molar-refractivity contribution in [1.82, 2.24) is 30.1 Å². The summed E-state index contributed by atoms with van der Waals surface area (Å²) < 4.78 is 1.71. The molecular weight excluding hydrogens is 330 g/mol. The molecular formula is C18H23N7O. The van der Waals surface area contributed by atoms with E-state index in [1.54, 1.807) is 22.8 Å². The molecule has 0 radical (unpaired) electrons. The summed E-state index contributed by atoms with van der Waals surface area (Å²) in [7, 11) is 1.74. The first-order chi connectivity index (χ1) is 12.6. The molecule has 136 valence electrons. The van der Waals surface area contributed by atoms with Crippen molar-refractivity contribution in [3.63, 3.8) is 0 Å². The van der Waals surface area contributed by atoms with Crippen LogP contribution in [0.3, 0.4) is 0 Å². The highest BCUT2D eigenvalue weighted by molar-refractivity contribution is 5.88. The number of carbonyl (C=O) groups excluding carboxylic acids is 1. The minimum atomic E-state index is -0.253. The molecule has 3 rings (SSSR count). The number of rotatable bonds is 6. The molecule has 0 aliphatic carbocycles. The molecule has 0 bridgehead atoms. The summed E-state index contributed by atoms with van der Waals surface area (Å²) >= 11 is 0. The molecule has 3 aromatic rings. The molecule has 0 spiro atoms. The SMILES string of the molecule is CCCn1cc(NC(=O)N(C)[C@@H](C)c2cc(-c3ccccc3)n[nH]2)nn1. The van der Waals surface area contributed by atoms with Gasteiger partial charge in [-0.25, -0.2) is 4.79 Å². The molecule has 1 aromatic carbocycles. The molecule has 0 fully saturated rings. The number of aryl methyl sites for hydroxylation is 1. The van der Waals surface area contributed by atoms with Crippen molar-refractivity contribution in [2.75, 3.05) is 12.4 Å². The monoisotopic (exact) mass is 353 g/mol. The summed E-state index contributed by atoms with van der Waals surface area (Å²) in [6, 6.07) is 11.4. The third kappa shape index (κ3) is 3.90. The van der Waals surface area contributed by atoms with E-state index in [0.717, 1.165) is 29.9 Å². The van der Waals surface area contributed by atoms with Gasteiger partial charge in [0.25, 0.3) is 0 Å². The largest absolute Gasteiger partial charge is 0.323 e. The van der Waals surface area contributed by atoms with E-state index in [4.69, 9.17) is 0 Å². The van der Waals surface area contributed by atoms with Crippen LogP contribution in [0.2, 0.25) is 0 Å². The van der Waals surface area contributed by atoms with Crippen molar-refractivity contribution >= 4 is 11.8 Å². The zero-order valence-electron chi connectivity index (χ0n) is 15.2. The topological polar surface area (TPSA) is 91.7 Å². The fourth-order valence-electron chi connectivity index (χ4n) is 2.58. The van der Waals surface area contributed by atoms with E-state index in [2.05, 4.69) is 32.7 Å². The number of benzene rings is 1. The van der Waals surface area contributed by atoms with Crippen molar-refractivity contribution < 1.29 is 4.79 Å². The second-order valence-electron chi connectivity index (χ2n) is 6.16. The predicted molar refractivity (Wildman–Crippen MR) is 99.5 cm³/mol. The van der Waals surface area contributed by atoms with Gasteiger partial charge < -0.3 is 4.90 Å². The molecule has 26 heavy (non-hydrogen) atoms. The van der Waals surface area contributed by atoms with E-state index >= 15 is 0 Å². The Balaban J connectivity index is 1.66. The van der Waals surface area contributed by atoms with Crippen molar-refractivity contribution in [2.24, 2.45) is 0 Å². The lowest BCUT2D eigenvalue weighted by molar-refractivity contribution is 0.207. The predicted octanol–water partition coefficient (Wildman–Crippen LogP) is 3.30. The van der Waals surface area contributed by atoms with E-state index in [1.807, 2.05) is 43.3 Å². The van der Waals surface area contributed by atoms with Crippen molar-refractivity contribution in [3.8, 4) is 11.3 Å². The minimum Gasteiger partial charge on any atom is -0.319 e. The molecule has 8 heteroatoms. The lowest BCUT2D eigenvalue weighted by atomic mass is 10.1. The van der Waals surface area contributed by atoms with Gasteiger partial charge in [0.2, 0.25) is 0 Å². The zero-order chi connectivity index (χ0) is 18.5. The Hall–Kier alpha value is -3.16. The van der Waals surface area contributed by atoms with Crippen molar-refractivity contribution in [1.29, 1.82) is 0 Å². The number of aromatic nitrogens is 5. The summed E-state index contributed by atoms with van der Waals surface area (Å²) in [5.74, 6) is 0.442. The molecule has 8 nitrogen and oxygen atoms in total. The Labute approximate surface area is 152 Å². The van der Waals surface area contributed by atoms with E-state index in [1.165, 1.54) is 0 Å². The van der Waals surface area contributed by atoms with Crippen molar-refractivity contribution in [3.05, 3.63) is 48.3 Å². The van der Waals surface area contributed by atoms with Gasteiger partial charge in [-0.05, 0) is 19.4 Å². The second-order valence-corrected chi connectivity index (χ2v) is 6.16. The number of carbonyl (C=O) groups is 1. The summed E-state index contributed by atoms with van der Waals surface area (Å²) in [6.07, 6.45) is 2.68. The summed E-state index contributed by atoms with van der Waals surface area (Å²) in [5.41, 5.74) is 2.74. The number of urea groups is 1. The molecule has 0 unspecified atom stereocenters. The number of amides is 2. The van der Waals surface area contributed by atoms with Gasteiger partial charge in [-0.15, -0.1) is 5.10 Å². The third-order valence-electron chi connectivity index (χ3n) is 4.24. The number of anilines is 1. The fourth-order valence-corrected chi connectivity index (χ4v) is 2.58. The first kappa shape index (κ1) is 17.7. The van der Waals surface area contributed by atoms with Gasteiger partial charge >= 0.3 is 6.03 Å². The zero-order valence-corrected chi connectivity index (χ0v) is 15.2. The fraction of sp³-hybridized carbons (Fsp3) is 0.333. The van der Waals surface area contributed by atoms with Crippen LogP contribution < -0.4 is 5.32 Å². The minimum absolute atomic E-state index is 0.175. The van der Waals surface area contributed by atoms with E-state index in [-0.39, 0.29) is 12.1 Å². The molecule has 0 saturated carbocycles. The van der Waals surface area contributed by atoms with Gasteiger partial charge in [0, 0.05) is 19.2 Å². The summed E-state index contributed by atoms with van der Waals surface area (Å²) in [6.45, 7) is 4.77. The Morgan fingerprint density at radius 3 is 2.85 bits per heavy atom. The number of hydrogen-bond donors (Lipinski definition) is 2. The Kier molecular flexibility index (Phi) is 5.31. The van der Waals surface area contributed by atoms with Crippen LogP contribution in [0.1, 0.15) is 32.0 Å². The molecule has 2 aromatic heterocycles. The third-order valence-corrected chi connectivity index (χ3v) is 4.24. The standard InChI is InChI=1S/C18H23N7O/c1-4-10-25-12-17(22-23-25)19-18(26)24(3)13(2)15-11-16(21-20-15)14-8-6-5-7-9-14/h5-9,11-13H,4,10H2,1-3H3,(H,19,26)(H,20,21)/t13-/m0/s1. The van der Waals surface area contributed by atoms with Crippen LogP contribution in [0.15, 0.2) is 42.6 Å². The van der Waals surface area contributed by atoms with Crippen LogP contribution in [0, 0.1) is 0 Å². The van der Waals surface area contributed by atoms with Gasteiger partial charge in [0.05, 0.1) is 23.6 Å². The molecule has 2 amide bonds. The van der Waals surface area contributed by atoms with Gasteiger partial charge in [-0.3, -0.25) is 15.1 Å². The Morgan fingerprint density at radius 2 is 2.12 bits per heavy atom. The second kappa shape index (κ2) is 7.81. The van der Waals surface area contributed by atoms with Gasteiger partial charge in [0.15, 0.2) is 5.82 Å². The molecule has 2 heterocycles. The van der Waals surface area contributed by atoms with Gasteiger partial charge in [-0.2, -0.15) is 5.10 Å². The van der Waals surface area contributed by atoms with Crippen LogP contribution in [-0.4, -0.2) is 43.2 Å². The maximum Gasteiger partial charge on any atom is 0.323 e. The highest BCUT2D eigenvalue weighted by atomic mass is 16.2. The maximum atomic E-state index is 12.5. The van der Waals surface area contributed by atoms with Crippen LogP contribution in [-0.2, 0) is 6.54 Å². The summed E-state index contributed by atoms with van der Waals surface area (Å²) in [5, 5.41) is 18.1. The number of hydrogen-bond acceptors (Lipinski definition) is 4. The summed E-state index contributed by atoms with van der Waals surface area (Å²) in [4.78, 5) is 14.1. The number of aromatic amines is 1.